The first-order valence-corrected chi connectivity index (χ1v) is 8.18. The summed E-state index contributed by atoms with van der Waals surface area (Å²) in [5.74, 6) is -0.376. The van der Waals surface area contributed by atoms with Gasteiger partial charge in [-0.05, 0) is 30.4 Å². The standard InChI is InChI=1S/C20H20N2O2/c1-18(2)15-5-6-19(3)8-12(10-21)14(23)7-16(19)20(15,4)9-13(11-22)17(18)24/h7-9,15H,5-6H2,1-4H3. The van der Waals surface area contributed by atoms with E-state index < -0.39 is 16.2 Å². The summed E-state index contributed by atoms with van der Waals surface area (Å²) in [4.78, 5) is 24.9. The molecule has 0 spiro atoms. The fourth-order valence-electron chi connectivity index (χ4n) is 5.08. The molecule has 1 saturated carbocycles. The molecule has 24 heavy (non-hydrogen) atoms. The van der Waals surface area contributed by atoms with Gasteiger partial charge in [0.2, 0.25) is 0 Å². The SMILES string of the molecule is CC12C=C(C#N)C(=O)C=C1C1(C)C=C(C#N)C(=O)C(C)(C)C1CC2. The van der Waals surface area contributed by atoms with Gasteiger partial charge in [-0.1, -0.05) is 39.8 Å². The molecular weight excluding hydrogens is 300 g/mol. The number of nitrogens with zero attached hydrogens (tertiary/aromatic N) is 2. The lowest BCUT2D eigenvalue weighted by Crippen LogP contribution is -2.53. The molecule has 0 radical (unpaired) electrons. The van der Waals surface area contributed by atoms with Gasteiger partial charge in [0.05, 0.1) is 11.1 Å². The van der Waals surface area contributed by atoms with E-state index in [0.29, 0.717) is 0 Å². The number of carbonyl (C=O) groups is 2. The first-order valence-electron chi connectivity index (χ1n) is 8.18. The molecule has 4 heteroatoms. The molecule has 3 atom stereocenters. The lowest BCUT2D eigenvalue weighted by molar-refractivity contribution is -0.130. The second-order valence-electron chi connectivity index (χ2n) is 8.10. The van der Waals surface area contributed by atoms with E-state index in [-0.39, 0.29) is 28.6 Å². The Labute approximate surface area is 142 Å². The average molecular weight is 320 g/mol. The average Bonchev–Trinajstić information content (AvgIpc) is 2.52. The molecule has 0 aromatic heterocycles. The van der Waals surface area contributed by atoms with Gasteiger partial charge in [-0.2, -0.15) is 10.5 Å². The summed E-state index contributed by atoms with van der Waals surface area (Å²) in [6.07, 6.45) is 6.69. The zero-order valence-electron chi connectivity index (χ0n) is 14.4. The molecule has 3 rings (SSSR count). The van der Waals surface area contributed by atoms with E-state index >= 15 is 0 Å². The maximum absolute atomic E-state index is 12.6. The first-order chi connectivity index (χ1) is 11.1. The van der Waals surface area contributed by atoms with Gasteiger partial charge in [-0.15, -0.1) is 0 Å². The highest BCUT2D eigenvalue weighted by molar-refractivity contribution is 6.09. The number of ketones is 2. The van der Waals surface area contributed by atoms with Crippen LogP contribution in [0.5, 0.6) is 0 Å². The highest BCUT2D eigenvalue weighted by Crippen LogP contribution is 2.63. The summed E-state index contributed by atoms with van der Waals surface area (Å²) in [7, 11) is 0. The highest BCUT2D eigenvalue weighted by atomic mass is 16.1. The Morgan fingerprint density at radius 3 is 2.25 bits per heavy atom. The Balaban J connectivity index is 2.26. The molecule has 0 heterocycles. The smallest absolute Gasteiger partial charge is 0.196 e. The number of carbonyl (C=O) groups excluding carboxylic acids is 2. The molecule has 0 amide bonds. The maximum atomic E-state index is 12.6. The number of nitriles is 2. The molecule has 3 aliphatic carbocycles. The van der Waals surface area contributed by atoms with E-state index in [1.165, 1.54) is 0 Å². The van der Waals surface area contributed by atoms with Crippen LogP contribution in [-0.4, -0.2) is 11.6 Å². The van der Waals surface area contributed by atoms with Crippen molar-refractivity contribution in [3.05, 3.63) is 34.9 Å². The summed E-state index contributed by atoms with van der Waals surface area (Å²) in [5, 5.41) is 18.6. The molecular formula is C20H20N2O2. The summed E-state index contributed by atoms with van der Waals surface area (Å²) >= 11 is 0. The van der Waals surface area contributed by atoms with E-state index in [4.69, 9.17) is 0 Å². The van der Waals surface area contributed by atoms with E-state index in [9.17, 15) is 20.1 Å². The van der Waals surface area contributed by atoms with Gasteiger partial charge in [0.1, 0.15) is 12.1 Å². The molecule has 3 unspecified atom stereocenters. The molecule has 0 bridgehead atoms. The number of hydrogen-bond acceptors (Lipinski definition) is 4. The van der Waals surface area contributed by atoms with Crippen molar-refractivity contribution in [2.75, 3.05) is 0 Å². The van der Waals surface area contributed by atoms with Gasteiger partial charge in [0, 0.05) is 16.2 Å². The normalized spacial score (nSPS) is 37.1. The van der Waals surface area contributed by atoms with Crippen LogP contribution in [0.15, 0.2) is 34.9 Å². The molecule has 1 fully saturated rings. The van der Waals surface area contributed by atoms with Crippen LogP contribution in [0.25, 0.3) is 0 Å². The molecule has 122 valence electrons. The van der Waals surface area contributed by atoms with Crippen LogP contribution >= 0.6 is 0 Å². The minimum Gasteiger partial charge on any atom is -0.293 e. The highest BCUT2D eigenvalue weighted by Gasteiger charge is 2.58. The van der Waals surface area contributed by atoms with Gasteiger partial charge in [0.25, 0.3) is 0 Å². The monoisotopic (exact) mass is 320 g/mol. The van der Waals surface area contributed by atoms with Gasteiger partial charge in [-0.25, -0.2) is 0 Å². The molecule has 0 saturated heterocycles. The Hall–Kier alpha value is -2.46. The molecule has 0 aromatic carbocycles. The summed E-state index contributed by atoms with van der Waals surface area (Å²) in [6, 6.07) is 4.02. The maximum Gasteiger partial charge on any atom is 0.196 e. The van der Waals surface area contributed by atoms with Crippen molar-refractivity contribution in [1.82, 2.24) is 0 Å². The van der Waals surface area contributed by atoms with Crippen molar-refractivity contribution >= 4 is 11.6 Å². The van der Waals surface area contributed by atoms with E-state index in [0.717, 1.165) is 18.4 Å². The minimum absolute atomic E-state index is 0.0266. The third-order valence-electron chi connectivity index (χ3n) is 6.26. The molecule has 4 nitrogen and oxygen atoms in total. The van der Waals surface area contributed by atoms with Crippen molar-refractivity contribution < 1.29 is 9.59 Å². The molecule has 3 aliphatic rings. The predicted octanol–water partition coefficient (Wildman–Crippen LogP) is 3.43. The largest absolute Gasteiger partial charge is 0.293 e. The lowest BCUT2D eigenvalue weighted by Gasteiger charge is -2.57. The quantitative estimate of drug-likeness (QED) is 0.684. The van der Waals surface area contributed by atoms with E-state index in [1.54, 1.807) is 18.2 Å². The van der Waals surface area contributed by atoms with Crippen molar-refractivity contribution in [3.63, 3.8) is 0 Å². The number of Topliss-reactive ketones (excluding diaryl/α,β-unsaturated/α-hetero) is 1. The van der Waals surface area contributed by atoms with Gasteiger partial charge in [0.15, 0.2) is 11.6 Å². The van der Waals surface area contributed by atoms with Crippen molar-refractivity contribution in [1.29, 1.82) is 10.5 Å². The second kappa shape index (κ2) is 4.77. The summed E-state index contributed by atoms with van der Waals surface area (Å²) in [5.41, 5.74) is -0.312. The van der Waals surface area contributed by atoms with Gasteiger partial charge >= 0.3 is 0 Å². The minimum atomic E-state index is -0.654. The number of rotatable bonds is 0. The topological polar surface area (TPSA) is 81.7 Å². The Kier molecular flexibility index (Phi) is 3.26. The summed E-state index contributed by atoms with van der Waals surface area (Å²) in [6.45, 7) is 7.85. The fraction of sp³-hybridized carbons (Fsp3) is 0.500. The van der Waals surface area contributed by atoms with Crippen LogP contribution < -0.4 is 0 Å². The van der Waals surface area contributed by atoms with Crippen LogP contribution in [-0.2, 0) is 9.59 Å². The molecule has 0 aliphatic heterocycles. The first kappa shape index (κ1) is 16.4. The van der Waals surface area contributed by atoms with Crippen LogP contribution in [0.4, 0.5) is 0 Å². The second-order valence-corrected chi connectivity index (χ2v) is 8.10. The summed E-state index contributed by atoms with van der Waals surface area (Å²) < 4.78 is 0. The molecule has 0 N–H and O–H groups in total. The third kappa shape index (κ3) is 1.89. The Bertz CT molecular complexity index is 844. The van der Waals surface area contributed by atoms with Crippen LogP contribution in [0.3, 0.4) is 0 Å². The van der Waals surface area contributed by atoms with Crippen LogP contribution in [0.2, 0.25) is 0 Å². The number of fused-ring (bicyclic) bond motifs is 3. The van der Waals surface area contributed by atoms with Crippen molar-refractivity contribution in [2.24, 2.45) is 22.2 Å². The van der Waals surface area contributed by atoms with Crippen LogP contribution in [0, 0.1) is 44.8 Å². The zero-order valence-corrected chi connectivity index (χ0v) is 14.4. The lowest BCUT2D eigenvalue weighted by atomic mass is 9.45. The van der Waals surface area contributed by atoms with E-state index in [1.807, 2.05) is 39.8 Å². The van der Waals surface area contributed by atoms with Crippen LogP contribution in [0.1, 0.15) is 40.5 Å². The van der Waals surface area contributed by atoms with Gasteiger partial charge in [-0.3, -0.25) is 9.59 Å². The fourth-order valence-corrected chi connectivity index (χ4v) is 5.08. The number of hydrogen-bond donors (Lipinski definition) is 0. The zero-order chi connectivity index (χ0) is 17.9. The Morgan fingerprint density at radius 2 is 1.67 bits per heavy atom. The number of allylic oxidation sites excluding steroid dienone is 6. The third-order valence-corrected chi connectivity index (χ3v) is 6.26. The predicted molar refractivity (Wildman–Crippen MR) is 88.2 cm³/mol. The molecule has 0 aromatic rings. The van der Waals surface area contributed by atoms with E-state index in [2.05, 4.69) is 0 Å². The van der Waals surface area contributed by atoms with Crippen molar-refractivity contribution in [2.45, 2.75) is 40.5 Å². The van der Waals surface area contributed by atoms with Crippen molar-refractivity contribution in [3.8, 4) is 12.1 Å². The Morgan fingerprint density at radius 1 is 1.04 bits per heavy atom. The van der Waals surface area contributed by atoms with Gasteiger partial charge < -0.3 is 0 Å².